The highest BCUT2D eigenvalue weighted by Crippen LogP contribution is 2.34. The lowest BCUT2D eigenvalue weighted by Crippen LogP contribution is -2.47. The van der Waals surface area contributed by atoms with Crippen LogP contribution in [0.15, 0.2) is 27.7 Å². The van der Waals surface area contributed by atoms with E-state index in [1.807, 2.05) is 12.1 Å². The molecule has 4 nitrogen and oxygen atoms in total. The van der Waals surface area contributed by atoms with E-state index in [0.717, 1.165) is 37.3 Å². The lowest BCUT2D eigenvalue weighted by molar-refractivity contribution is 0.0992. The van der Waals surface area contributed by atoms with Crippen molar-refractivity contribution in [2.24, 2.45) is 4.99 Å². The Hall–Kier alpha value is -0.410. The Labute approximate surface area is 161 Å². The molecule has 1 aromatic carbocycles. The summed E-state index contributed by atoms with van der Waals surface area (Å²) in [7, 11) is 1.78. The zero-order valence-electron chi connectivity index (χ0n) is 13.0. The van der Waals surface area contributed by atoms with Crippen LogP contribution in [0.2, 0.25) is 0 Å². The number of rotatable bonds is 4. The third-order valence-electron chi connectivity index (χ3n) is 4.34. The maximum absolute atomic E-state index is 13.2. The van der Waals surface area contributed by atoms with Gasteiger partial charge in [-0.2, -0.15) is 0 Å². The number of hydrogen-bond donors (Lipinski definition) is 2. The van der Waals surface area contributed by atoms with Crippen LogP contribution in [0.25, 0.3) is 0 Å². The maximum atomic E-state index is 13.2. The fourth-order valence-electron chi connectivity index (χ4n) is 3.18. The average molecular weight is 498 g/mol. The van der Waals surface area contributed by atoms with E-state index >= 15 is 0 Å². The van der Waals surface area contributed by atoms with Gasteiger partial charge in [-0.15, -0.1) is 24.0 Å². The minimum Gasteiger partial charge on any atom is -0.373 e. The number of hydrogen-bond acceptors (Lipinski definition) is 2. The Bertz CT molecular complexity index is 572. The molecule has 0 spiro atoms. The standard InChI is InChI=1S/C16H21BrFN3O.HI/c1-19-16(21-14-9-11-3-5-15(14)22-11)20-7-6-10-2-4-13(18)12(17)8-10;/h2,4,8,11,14-15H,3,5-7,9H2,1H3,(H2,19,20,21);1H. The van der Waals surface area contributed by atoms with Crippen molar-refractivity contribution in [3.8, 4) is 0 Å². The van der Waals surface area contributed by atoms with Gasteiger partial charge in [-0.05, 0) is 59.3 Å². The van der Waals surface area contributed by atoms with E-state index in [2.05, 4.69) is 31.6 Å². The fourth-order valence-corrected chi connectivity index (χ4v) is 3.61. The Morgan fingerprint density at radius 3 is 2.87 bits per heavy atom. The summed E-state index contributed by atoms with van der Waals surface area (Å²) in [6.07, 6.45) is 4.97. The van der Waals surface area contributed by atoms with E-state index in [-0.39, 0.29) is 29.8 Å². The highest BCUT2D eigenvalue weighted by atomic mass is 127. The van der Waals surface area contributed by atoms with E-state index in [4.69, 9.17) is 4.74 Å². The van der Waals surface area contributed by atoms with Gasteiger partial charge in [0.15, 0.2) is 5.96 Å². The molecule has 2 N–H and O–H groups in total. The van der Waals surface area contributed by atoms with Crippen LogP contribution in [0.4, 0.5) is 4.39 Å². The largest absolute Gasteiger partial charge is 0.373 e. The van der Waals surface area contributed by atoms with Crippen molar-refractivity contribution < 1.29 is 9.13 Å². The number of halogens is 3. The van der Waals surface area contributed by atoms with Crippen LogP contribution in [0.5, 0.6) is 0 Å². The van der Waals surface area contributed by atoms with Gasteiger partial charge in [0.25, 0.3) is 0 Å². The average Bonchev–Trinajstić information content (AvgIpc) is 3.12. The molecule has 23 heavy (non-hydrogen) atoms. The number of ether oxygens (including phenoxy) is 1. The van der Waals surface area contributed by atoms with Crippen molar-refractivity contribution >= 4 is 45.9 Å². The molecule has 3 atom stereocenters. The molecule has 3 rings (SSSR count). The molecule has 0 aromatic heterocycles. The van der Waals surface area contributed by atoms with Crippen LogP contribution in [0.1, 0.15) is 24.8 Å². The summed E-state index contributed by atoms with van der Waals surface area (Å²) in [6, 6.07) is 5.47. The fraction of sp³-hybridized carbons (Fsp3) is 0.562. The summed E-state index contributed by atoms with van der Waals surface area (Å²) in [5, 5.41) is 6.76. The summed E-state index contributed by atoms with van der Waals surface area (Å²) < 4.78 is 19.5. The van der Waals surface area contributed by atoms with Gasteiger partial charge in [-0.25, -0.2) is 4.39 Å². The van der Waals surface area contributed by atoms with Gasteiger partial charge >= 0.3 is 0 Å². The van der Waals surface area contributed by atoms with E-state index in [9.17, 15) is 4.39 Å². The molecule has 2 saturated heterocycles. The molecular weight excluding hydrogens is 476 g/mol. The third kappa shape index (κ3) is 4.79. The second kappa shape index (κ2) is 8.62. The first-order chi connectivity index (χ1) is 10.7. The lowest BCUT2D eigenvalue weighted by Gasteiger charge is -2.22. The molecule has 128 valence electrons. The maximum Gasteiger partial charge on any atom is 0.191 e. The van der Waals surface area contributed by atoms with Crippen LogP contribution in [0.3, 0.4) is 0 Å². The van der Waals surface area contributed by atoms with Gasteiger partial charge in [0.05, 0.1) is 22.7 Å². The van der Waals surface area contributed by atoms with E-state index in [1.165, 1.54) is 12.5 Å². The highest BCUT2D eigenvalue weighted by molar-refractivity contribution is 14.0. The number of nitrogens with one attached hydrogen (secondary N) is 2. The highest BCUT2D eigenvalue weighted by Gasteiger charge is 2.41. The first kappa shape index (κ1) is 18.9. The molecule has 0 saturated carbocycles. The molecule has 3 unspecified atom stereocenters. The van der Waals surface area contributed by atoms with Gasteiger partial charge in [-0.1, -0.05) is 6.07 Å². The quantitative estimate of drug-likeness (QED) is 0.381. The van der Waals surface area contributed by atoms with Crippen molar-refractivity contribution in [2.75, 3.05) is 13.6 Å². The van der Waals surface area contributed by atoms with Crippen molar-refractivity contribution in [1.29, 1.82) is 0 Å². The van der Waals surface area contributed by atoms with Gasteiger partial charge in [0.2, 0.25) is 0 Å². The van der Waals surface area contributed by atoms with E-state index in [0.29, 0.717) is 22.7 Å². The van der Waals surface area contributed by atoms with Gasteiger partial charge in [0, 0.05) is 13.6 Å². The predicted molar refractivity (Wildman–Crippen MR) is 104 cm³/mol. The van der Waals surface area contributed by atoms with Crippen LogP contribution < -0.4 is 10.6 Å². The van der Waals surface area contributed by atoms with Crippen LogP contribution in [0, 0.1) is 5.82 Å². The van der Waals surface area contributed by atoms with Crippen molar-refractivity contribution in [1.82, 2.24) is 10.6 Å². The molecule has 7 heteroatoms. The van der Waals surface area contributed by atoms with Gasteiger partial charge in [-0.3, -0.25) is 4.99 Å². The molecule has 0 amide bonds. The predicted octanol–water partition coefficient (Wildman–Crippen LogP) is 3.23. The minimum absolute atomic E-state index is 0. The number of benzene rings is 1. The number of fused-ring (bicyclic) bond motifs is 2. The van der Waals surface area contributed by atoms with Crippen molar-refractivity contribution in [3.05, 3.63) is 34.1 Å². The Morgan fingerprint density at radius 2 is 2.26 bits per heavy atom. The molecular formula is C16H22BrFIN3O. The summed E-state index contributed by atoms with van der Waals surface area (Å²) >= 11 is 3.21. The van der Waals surface area contributed by atoms with Crippen molar-refractivity contribution in [2.45, 2.75) is 43.9 Å². The van der Waals surface area contributed by atoms with Crippen molar-refractivity contribution in [3.63, 3.8) is 0 Å². The smallest absolute Gasteiger partial charge is 0.191 e. The zero-order valence-corrected chi connectivity index (χ0v) is 16.9. The monoisotopic (exact) mass is 497 g/mol. The minimum atomic E-state index is -0.231. The molecule has 0 radical (unpaired) electrons. The second-order valence-electron chi connectivity index (χ2n) is 5.86. The van der Waals surface area contributed by atoms with E-state index in [1.54, 1.807) is 7.05 Å². The van der Waals surface area contributed by atoms with Crippen LogP contribution in [-0.2, 0) is 11.2 Å². The number of guanidine groups is 1. The zero-order chi connectivity index (χ0) is 15.5. The molecule has 2 heterocycles. The SMILES string of the molecule is CN=C(NCCc1ccc(F)c(Br)c1)NC1CC2CCC1O2.I. The molecule has 1 aromatic rings. The summed E-state index contributed by atoms with van der Waals surface area (Å²) in [6.45, 7) is 0.749. The first-order valence-corrected chi connectivity index (χ1v) is 8.51. The molecule has 2 bridgehead atoms. The Kier molecular flexibility index (Phi) is 7.09. The topological polar surface area (TPSA) is 45.7 Å². The molecule has 2 fully saturated rings. The number of aliphatic imine (C=N–C) groups is 1. The molecule has 0 aliphatic carbocycles. The van der Waals surface area contributed by atoms with Gasteiger partial charge in [0.1, 0.15) is 5.82 Å². The third-order valence-corrected chi connectivity index (χ3v) is 4.95. The van der Waals surface area contributed by atoms with Crippen LogP contribution in [-0.4, -0.2) is 37.8 Å². The van der Waals surface area contributed by atoms with Gasteiger partial charge < -0.3 is 15.4 Å². The lowest BCUT2D eigenvalue weighted by atomic mass is 9.96. The Balaban J connectivity index is 0.00000192. The summed E-state index contributed by atoms with van der Waals surface area (Å²) in [5.41, 5.74) is 1.08. The number of nitrogens with zero attached hydrogens (tertiary/aromatic N) is 1. The second-order valence-corrected chi connectivity index (χ2v) is 6.71. The molecule has 2 aliphatic rings. The summed E-state index contributed by atoms with van der Waals surface area (Å²) in [4.78, 5) is 4.27. The normalized spacial score (nSPS) is 26.0. The first-order valence-electron chi connectivity index (χ1n) is 7.72. The summed E-state index contributed by atoms with van der Waals surface area (Å²) in [5.74, 6) is 0.577. The van der Waals surface area contributed by atoms with Crippen LogP contribution >= 0.6 is 39.9 Å². The Morgan fingerprint density at radius 1 is 1.43 bits per heavy atom. The van der Waals surface area contributed by atoms with E-state index < -0.39 is 0 Å². The molecule has 2 aliphatic heterocycles.